The van der Waals surface area contributed by atoms with E-state index in [2.05, 4.69) is 25.8 Å². The molecule has 0 spiro atoms. The summed E-state index contributed by atoms with van der Waals surface area (Å²) in [6, 6.07) is 5.82. The van der Waals surface area contributed by atoms with E-state index in [0.717, 1.165) is 24.0 Å². The monoisotopic (exact) mass is 404 g/mol. The summed E-state index contributed by atoms with van der Waals surface area (Å²) >= 11 is 0. The molecule has 0 bridgehead atoms. The van der Waals surface area contributed by atoms with Crippen LogP contribution in [0.15, 0.2) is 29.4 Å². The molecule has 8 heteroatoms. The van der Waals surface area contributed by atoms with Gasteiger partial charge in [0.15, 0.2) is 17.4 Å². The highest BCUT2D eigenvalue weighted by Gasteiger charge is 2.05. The van der Waals surface area contributed by atoms with Gasteiger partial charge in [0.05, 0.1) is 13.2 Å². The van der Waals surface area contributed by atoms with Gasteiger partial charge in [-0.15, -0.1) is 34.2 Å². The largest absolute Gasteiger partial charge is 0.380 e. The Hall–Kier alpha value is -1.42. The molecule has 0 radical (unpaired) electrons. The van der Waals surface area contributed by atoms with Gasteiger partial charge < -0.3 is 15.4 Å². The third-order valence-electron chi connectivity index (χ3n) is 2.76. The summed E-state index contributed by atoms with van der Waals surface area (Å²) < 4.78 is 7.21. The first-order valence-electron chi connectivity index (χ1n) is 6.66. The van der Waals surface area contributed by atoms with Crippen LogP contribution in [0.3, 0.4) is 0 Å². The minimum atomic E-state index is 0. The summed E-state index contributed by atoms with van der Waals surface area (Å²) in [5.41, 5.74) is 0.837. The predicted molar refractivity (Wildman–Crippen MR) is 93.1 cm³/mol. The number of aromatic nitrogens is 3. The zero-order chi connectivity index (χ0) is 14.2. The van der Waals surface area contributed by atoms with Crippen LogP contribution in [0.2, 0.25) is 0 Å². The Kier molecular flexibility index (Phi) is 7.98. The molecule has 7 nitrogen and oxygen atoms in total. The Morgan fingerprint density at radius 2 is 2.19 bits per heavy atom. The molecule has 0 saturated carbocycles. The molecule has 0 unspecified atom stereocenters. The molecule has 21 heavy (non-hydrogen) atoms. The number of nitrogens with one attached hydrogen (secondary N) is 2. The lowest BCUT2D eigenvalue weighted by atomic mass is 10.4. The van der Waals surface area contributed by atoms with Gasteiger partial charge in [-0.3, -0.25) is 9.39 Å². The molecule has 0 amide bonds. The van der Waals surface area contributed by atoms with Gasteiger partial charge in [0, 0.05) is 26.4 Å². The lowest BCUT2D eigenvalue weighted by Gasteiger charge is -2.11. The van der Waals surface area contributed by atoms with Gasteiger partial charge in [-0.2, -0.15) is 0 Å². The molecule has 0 aliphatic carbocycles. The number of ether oxygens (including phenoxy) is 1. The zero-order valence-electron chi connectivity index (χ0n) is 12.2. The molecule has 0 aliphatic rings. The number of nitrogens with zero attached hydrogens (tertiary/aromatic N) is 4. The zero-order valence-corrected chi connectivity index (χ0v) is 14.6. The third-order valence-corrected chi connectivity index (χ3v) is 2.76. The normalized spacial score (nSPS) is 11.2. The van der Waals surface area contributed by atoms with E-state index >= 15 is 0 Å². The van der Waals surface area contributed by atoms with Gasteiger partial charge >= 0.3 is 0 Å². The van der Waals surface area contributed by atoms with Gasteiger partial charge in [0.25, 0.3) is 0 Å². The van der Waals surface area contributed by atoms with E-state index in [0.29, 0.717) is 19.7 Å². The fourth-order valence-electron chi connectivity index (χ4n) is 1.78. The fourth-order valence-corrected chi connectivity index (χ4v) is 1.78. The van der Waals surface area contributed by atoms with E-state index in [1.807, 2.05) is 35.7 Å². The van der Waals surface area contributed by atoms with Crippen LogP contribution in [0.5, 0.6) is 0 Å². The number of rotatable bonds is 6. The van der Waals surface area contributed by atoms with Crippen LogP contribution in [0.1, 0.15) is 12.7 Å². The summed E-state index contributed by atoms with van der Waals surface area (Å²) in [5, 5.41) is 14.6. The Bertz CT molecular complexity index is 571. The summed E-state index contributed by atoms with van der Waals surface area (Å²) in [5.74, 6) is 1.56. The van der Waals surface area contributed by atoms with Gasteiger partial charge in [0.1, 0.15) is 0 Å². The minimum Gasteiger partial charge on any atom is -0.380 e. The molecule has 116 valence electrons. The molecule has 2 aromatic rings. The van der Waals surface area contributed by atoms with E-state index in [9.17, 15) is 0 Å². The van der Waals surface area contributed by atoms with Crippen molar-refractivity contribution < 1.29 is 4.74 Å². The first kappa shape index (κ1) is 17.6. The topological polar surface area (TPSA) is 75.8 Å². The Labute approximate surface area is 141 Å². The number of pyridine rings is 1. The van der Waals surface area contributed by atoms with Gasteiger partial charge in [-0.1, -0.05) is 6.07 Å². The van der Waals surface area contributed by atoms with Crippen molar-refractivity contribution in [3.8, 4) is 0 Å². The molecular weight excluding hydrogens is 383 g/mol. The van der Waals surface area contributed by atoms with Gasteiger partial charge in [0.2, 0.25) is 0 Å². The van der Waals surface area contributed by atoms with Gasteiger partial charge in [-0.05, 0) is 19.1 Å². The fraction of sp³-hybridized carbons (Fsp3) is 0.462. The maximum atomic E-state index is 5.26. The molecule has 2 rings (SSSR count). The smallest absolute Gasteiger partial charge is 0.191 e. The lowest BCUT2D eigenvalue weighted by molar-refractivity contribution is 0.152. The highest BCUT2D eigenvalue weighted by atomic mass is 127. The number of fused-ring (bicyclic) bond motifs is 1. The Balaban J connectivity index is 0.00000220. The quantitative estimate of drug-likeness (QED) is 0.326. The second-order valence-corrected chi connectivity index (χ2v) is 4.09. The van der Waals surface area contributed by atoms with E-state index in [1.165, 1.54) is 0 Å². The SMILES string of the molecule is CCOCCNC(=NC)NCc1nnc2ccccn12.I. The Morgan fingerprint density at radius 3 is 2.95 bits per heavy atom. The molecular formula is C13H21IN6O. The highest BCUT2D eigenvalue weighted by molar-refractivity contribution is 14.0. The number of guanidine groups is 1. The summed E-state index contributed by atoms with van der Waals surface area (Å²) in [4.78, 5) is 4.15. The van der Waals surface area contributed by atoms with E-state index in [-0.39, 0.29) is 24.0 Å². The van der Waals surface area contributed by atoms with Gasteiger partial charge in [-0.25, -0.2) is 0 Å². The van der Waals surface area contributed by atoms with Crippen LogP contribution in [0.4, 0.5) is 0 Å². The van der Waals surface area contributed by atoms with Crippen molar-refractivity contribution >= 4 is 35.6 Å². The summed E-state index contributed by atoms with van der Waals surface area (Å²) in [6.45, 7) is 4.63. The minimum absolute atomic E-state index is 0. The van der Waals surface area contributed by atoms with Crippen molar-refractivity contribution in [2.75, 3.05) is 26.8 Å². The number of hydrogen-bond acceptors (Lipinski definition) is 4. The molecule has 0 saturated heterocycles. The third kappa shape index (κ3) is 5.12. The number of hydrogen-bond donors (Lipinski definition) is 2. The van der Waals surface area contributed by atoms with Crippen molar-refractivity contribution in [3.05, 3.63) is 30.2 Å². The van der Waals surface area contributed by atoms with Crippen molar-refractivity contribution in [1.82, 2.24) is 25.2 Å². The highest BCUT2D eigenvalue weighted by Crippen LogP contribution is 2.01. The van der Waals surface area contributed by atoms with Crippen molar-refractivity contribution in [2.24, 2.45) is 4.99 Å². The number of aliphatic imine (C=N–C) groups is 1. The first-order valence-corrected chi connectivity index (χ1v) is 6.66. The average Bonchev–Trinajstić information content (AvgIpc) is 2.90. The lowest BCUT2D eigenvalue weighted by Crippen LogP contribution is -2.38. The molecule has 0 aliphatic heterocycles. The second kappa shape index (κ2) is 9.50. The van der Waals surface area contributed by atoms with E-state index in [4.69, 9.17) is 4.74 Å². The van der Waals surface area contributed by atoms with Crippen molar-refractivity contribution in [2.45, 2.75) is 13.5 Å². The van der Waals surface area contributed by atoms with Crippen LogP contribution in [0, 0.1) is 0 Å². The summed E-state index contributed by atoms with van der Waals surface area (Å²) in [7, 11) is 1.73. The van der Waals surface area contributed by atoms with E-state index < -0.39 is 0 Å². The second-order valence-electron chi connectivity index (χ2n) is 4.09. The molecule has 0 atom stereocenters. The molecule has 0 aromatic carbocycles. The predicted octanol–water partition coefficient (Wildman–Crippen LogP) is 1.05. The number of halogens is 1. The maximum absolute atomic E-state index is 5.26. The van der Waals surface area contributed by atoms with Crippen molar-refractivity contribution in [3.63, 3.8) is 0 Å². The standard InChI is InChI=1S/C13H20N6O.HI/c1-3-20-9-7-15-13(14-2)16-10-12-18-17-11-6-4-5-8-19(11)12;/h4-6,8H,3,7,9-10H2,1-2H3,(H2,14,15,16);1H. The molecule has 0 fully saturated rings. The average molecular weight is 404 g/mol. The maximum Gasteiger partial charge on any atom is 0.191 e. The first-order chi connectivity index (χ1) is 9.85. The van der Waals surface area contributed by atoms with Crippen LogP contribution < -0.4 is 10.6 Å². The van der Waals surface area contributed by atoms with Crippen LogP contribution in [-0.2, 0) is 11.3 Å². The summed E-state index contributed by atoms with van der Waals surface area (Å²) in [6.07, 6.45) is 1.94. The van der Waals surface area contributed by atoms with E-state index in [1.54, 1.807) is 7.05 Å². The van der Waals surface area contributed by atoms with Crippen molar-refractivity contribution in [1.29, 1.82) is 0 Å². The van der Waals surface area contributed by atoms with Crippen LogP contribution >= 0.6 is 24.0 Å². The van der Waals surface area contributed by atoms with Crippen LogP contribution in [0.25, 0.3) is 5.65 Å². The molecule has 2 aromatic heterocycles. The Morgan fingerprint density at radius 1 is 1.33 bits per heavy atom. The molecule has 2 heterocycles. The molecule has 2 N–H and O–H groups in total. The van der Waals surface area contributed by atoms with Crippen LogP contribution in [-0.4, -0.2) is 47.4 Å².